The van der Waals surface area contributed by atoms with Gasteiger partial charge in [-0.15, -0.1) is 0 Å². The minimum atomic E-state index is -0.295. The SMILES string of the molecule is OC(CC1CC1)N1CCC(c2noc(-c3ccc4cnn(C5COC5)c4c3)n2)CC1. The summed E-state index contributed by atoms with van der Waals surface area (Å²) in [5, 5.41) is 20.3. The number of aliphatic hydroxyl groups excluding tert-OH is 1. The second-order valence-corrected chi connectivity index (χ2v) is 8.98. The zero-order valence-electron chi connectivity index (χ0n) is 17.0. The predicted molar refractivity (Wildman–Crippen MR) is 110 cm³/mol. The molecule has 2 aliphatic heterocycles. The van der Waals surface area contributed by atoms with E-state index >= 15 is 0 Å². The highest BCUT2D eigenvalue weighted by Gasteiger charge is 2.31. The molecular weight excluding hydrogens is 382 g/mol. The van der Waals surface area contributed by atoms with Gasteiger partial charge < -0.3 is 14.4 Å². The van der Waals surface area contributed by atoms with Crippen molar-refractivity contribution in [1.29, 1.82) is 0 Å². The summed E-state index contributed by atoms with van der Waals surface area (Å²) in [6.07, 6.45) is 6.98. The van der Waals surface area contributed by atoms with Gasteiger partial charge in [0.2, 0.25) is 0 Å². The molecule has 8 heteroatoms. The van der Waals surface area contributed by atoms with Crippen molar-refractivity contribution >= 4 is 10.9 Å². The molecule has 2 saturated heterocycles. The van der Waals surface area contributed by atoms with Crippen molar-refractivity contribution < 1.29 is 14.4 Å². The van der Waals surface area contributed by atoms with Crippen molar-refractivity contribution in [2.75, 3.05) is 26.3 Å². The Balaban J connectivity index is 1.16. The third kappa shape index (κ3) is 3.42. The smallest absolute Gasteiger partial charge is 0.258 e. The van der Waals surface area contributed by atoms with Crippen LogP contribution in [0, 0.1) is 5.92 Å². The summed E-state index contributed by atoms with van der Waals surface area (Å²) in [6, 6.07) is 6.45. The summed E-state index contributed by atoms with van der Waals surface area (Å²) in [5.41, 5.74) is 1.99. The number of rotatable bonds is 6. The summed E-state index contributed by atoms with van der Waals surface area (Å²) in [5.74, 6) is 2.36. The first kappa shape index (κ1) is 18.5. The molecule has 1 atom stereocenters. The first-order valence-electron chi connectivity index (χ1n) is 11.1. The number of nitrogens with zero attached hydrogens (tertiary/aromatic N) is 5. The van der Waals surface area contributed by atoms with Crippen molar-refractivity contribution in [2.24, 2.45) is 5.92 Å². The minimum Gasteiger partial charge on any atom is -0.378 e. The van der Waals surface area contributed by atoms with Gasteiger partial charge >= 0.3 is 0 Å². The van der Waals surface area contributed by atoms with Gasteiger partial charge in [-0.05, 0) is 37.3 Å². The van der Waals surface area contributed by atoms with Gasteiger partial charge in [0.15, 0.2) is 5.82 Å². The summed E-state index contributed by atoms with van der Waals surface area (Å²) >= 11 is 0. The maximum Gasteiger partial charge on any atom is 0.258 e. The van der Waals surface area contributed by atoms with Crippen molar-refractivity contribution in [2.45, 2.75) is 50.3 Å². The molecule has 1 unspecified atom stereocenters. The molecule has 1 N–H and O–H groups in total. The average molecular weight is 409 g/mol. The summed E-state index contributed by atoms with van der Waals surface area (Å²) in [6.45, 7) is 3.19. The average Bonchev–Trinajstić information content (AvgIpc) is 3.25. The quantitative estimate of drug-likeness (QED) is 0.669. The van der Waals surface area contributed by atoms with E-state index in [4.69, 9.17) is 14.2 Å². The molecule has 2 aromatic heterocycles. The van der Waals surface area contributed by atoms with E-state index in [9.17, 15) is 5.11 Å². The second-order valence-electron chi connectivity index (χ2n) is 8.98. The van der Waals surface area contributed by atoms with Crippen LogP contribution in [0.3, 0.4) is 0 Å². The molecule has 3 fully saturated rings. The number of ether oxygens (including phenoxy) is 1. The van der Waals surface area contributed by atoms with Crippen LogP contribution < -0.4 is 0 Å². The molecule has 1 aromatic carbocycles. The van der Waals surface area contributed by atoms with E-state index in [2.05, 4.69) is 27.3 Å². The molecule has 0 bridgehead atoms. The fraction of sp³-hybridized carbons (Fsp3) is 0.591. The van der Waals surface area contributed by atoms with Crippen molar-refractivity contribution in [3.05, 3.63) is 30.2 Å². The fourth-order valence-corrected chi connectivity index (χ4v) is 4.60. The molecule has 3 aromatic rings. The molecule has 30 heavy (non-hydrogen) atoms. The van der Waals surface area contributed by atoms with E-state index in [-0.39, 0.29) is 12.1 Å². The number of benzene rings is 1. The monoisotopic (exact) mass is 409 g/mol. The number of piperidine rings is 1. The van der Waals surface area contributed by atoms with Gasteiger partial charge in [-0.2, -0.15) is 10.1 Å². The number of aromatic nitrogens is 4. The van der Waals surface area contributed by atoms with E-state index < -0.39 is 0 Å². The van der Waals surface area contributed by atoms with Crippen molar-refractivity contribution in [1.82, 2.24) is 24.8 Å². The number of hydrogen-bond donors (Lipinski definition) is 1. The summed E-state index contributed by atoms with van der Waals surface area (Å²) in [4.78, 5) is 6.92. The lowest BCUT2D eigenvalue weighted by Crippen LogP contribution is -2.41. The largest absolute Gasteiger partial charge is 0.378 e. The van der Waals surface area contributed by atoms with Crippen LogP contribution in [0.2, 0.25) is 0 Å². The standard InChI is InChI=1S/C22H27N5O3/c28-20(9-14-1-2-14)26-7-5-15(6-8-26)21-24-22(30-25-21)16-3-4-17-11-23-27(19(17)10-16)18-12-29-13-18/h3-4,10-11,14-15,18,20,28H,1-2,5-9,12-13H2. The molecule has 1 saturated carbocycles. The lowest BCUT2D eigenvalue weighted by atomic mass is 9.95. The highest BCUT2D eigenvalue weighted by molar-refractivity contribution is 5.83. The fourth-order valence-electron chi connectivity index (χ4n) is 4.60. The first-order chi connectivity index (χ1) is 14.7. The van der Waals surface area contributed by atoms with Gasteiger partial charge in [-0.1, -0.05) is 24.1 Å². The number of likely N-dealkylation sites (tertiary alicyclic amines) is 1. The molecule has 6 rings (SSSR count). The zero-order chi connectivity index (χ0) is 20.1. The highest BCUT2D eigenvalue weighted by Crippen LogP contribution is 2.36. The number of hydrogen-bond acceptors (Lipinski definition) is 7. The minimum absolute atomic E-state index is 0.285. The van der Waals surface area contributed by atoms with Gasteiger partial charge in [0.1, 0.15) is 6.23 Å². The molecule has 0 radical (unpaired) electrons. The van der Waals surface area contributed by atoms with Gasteiger partial charge in [0, 0.05) is 30.0 Å². The lowest BCUT2D eigenvalue weighted by molar-refractivity contribution is -0.0266. The molecule has 4 heterocycles. The van der Waals surface area contributed by atoms with E-state index in [0.717, 1.165) is 60.6 Å². The van der Waals surface area contributed by atoms with Crippen LogP contribution in [0.5, 0.6) is 0 Å². The van der Waals surface area contributed by atoms with Crippen LogP contribution in [-0.2, 0) is 4.74 Å². The first-order valence-corrected chi connectivity index (χ1v) is 11.1. The topological polar surface area (TPSA) is 89.4 Å². The Hall–Kier alpha value is -2.29. The van der Waals surface area contributed by atoms with Crippen LogP contribution in [-0.4, -0.2) is 62.5 Å². The Morgan fingerprint density at radius 1 is 1.13 bits per heavy atom. The Morgan fingerprint density at radius 2 is 1.97 bits per heavy atom. The van der Waals surface area contributed by atoms with E-state index in [1.807, 2.05) is 16.9 Å². The van der Waals surface area contributed by atoms with E-state index in [1.54, 1.807) is 0 Å². The molecule has 1 aliphatic carbocycles. The third-order valence-corrected chi connectivity index (χ3v) is 6.81. The lowest BCUT2D eigenvalue weighted by Gasteiger charge is -2.34. The Morgan fingerprint density at radius 3 is 2.70 bits per heavy atom. The number of fused-ring (bicyclic) bond motifs is 1. The maximum absolute atomic E-state index is 10.4. The maximum atomic E-state index is 10.4. The van der Waals surface area contributed by atoms with Crippen molar-refractivity contribution in [3.63, 3.8) is 0 Å². The van der Waals surface area contributed by atoms with Crippen LogP contribution >= 0.6 is 0 Å². The van der Waals surface area contributed by atoms with Crippen LogP contribution in [0.25, 0.3) is 22.4 Å². The molecule has 0 spiro atoms. The second kappa shape index (κ2) is 7.44. The summed E-state index contributed by atoms with van der Waals surface area (Å²) in [7, 11) is 0. The molecule has 0 amide bonds. The van der Waals surface area contributed by atoms with Crippen molar-refractivity contribution in [3.8, 4) is 11.5 Å². The Kier molecular flexibility index (Phi) is 4.58. The molecule has 3 aliphatic rings. The predicted octanol–water partition coefficient (Wildman–Crippen LogP) is 2.96. The zero-order valence-corrected chi connectivity index (χ0v) is 17.0. The summed E-state index contributed by atoms with van der Waals surface area (Å²) < 4.78 is 13.0. The van der Waals surface area contributed by atoms with E-state index in [1.165, 1.54) is 12.8 Å². The Labute approximate surface area is 174 Å². The Bertz CT molecular complexity index is 1030. The van der Waals surface area contributed by atoms with Gasteiger partial charge in [-0.25, -0.2) is 0 Å². The van der Waals surface area contributed by atoms with Crippen LogP contribution in [0.15, 0.2) is 28.9 Å². The van der Waals surface area contributed by atoms with Gasteiger partial charge in [0.25, 0.3) is 5.89 Å². The third-order valence-electron chi connectivity index (χ3n) is 6.81. The highest BCUT2D eigenvalue weighted by atomic mass is 16.5. The van der Waals surface area contributed by atoms with Crippen LogP contribution in [0.1, 0.15) is 49.9 Å². The van der Waals surface area contributed by atoms with Gasteiger partial charge in [-0.3, -0.25) is 9.58 Å². The normalized spacial score (nSPS) is 22.4. The molecular formula is C22H27N5O3. The van der Waals surface area contributed by atoms with E-state index in [0.29, 0.717) is 25.1 Å². The molecule has 8 nitrogen and oxygen atoms in total. The molecule has 158 valence electrons. The van der Waals surface area contributed by atoms with Gasteiger partial charge in [0.05, 0.1) is 31.0 Å². The van der Waals surface area contributed by atoms with Crippen LogP contribution in [0.4, 0.5) is 0 Å². The number of aliphatic hydroxyl groups is 1.